The van der Waals surface area contributed by atoms with E-state index in [0.717, 1.165) is 0 Å². The highest BCUT2D eigenvalue weighted by molar-refractivity contribution is 7.87. The smallest absolute Gasteiger partial charge is 0.297 e. The number of benzene rings is 2. The van der Waals surface area contributed by atoms with Gasteiger partial charge < -0.3 is 19.7 Å². The summed E-state index contributed by atoms with van der Waals surface area (Å²) < 4.78 is 69.2. The highest BCUT2D eigenvalue weighted by atomic mass is 32.2. The van der Waals surface area contributed by atoms with Crippen LogP contribution < -0.4 is 0 Å². The van der Waals surface area contributed by atoms with E-state index in [1.54, 1.807) is 12.1 Å². The molecule has 31 heavy (non-hydrogen) atoms. The highest BCUT2D eigenvalue weighted by Gasteiger charge is 2.38. The topological polar surface area (TPSA) is 146 Å². The van der Waals surface area contributed by atoms with Crippen molar-refractivity contribution in [2.24, 2.45) is 0 Å². The molecule has 1 aliphatic heterocycles. The summed E-state index contributed by atoms with van der Waals surface area (Å²) in [6.45, 7) is -1.63. The Balaban J connectivity index is 1.60. The molecule has 0 bridgehead atoms. The van der Waals surface area contributed by atoms with Crippen molar-refractivity contribution in [1.29, 1.82) is 0 Å². The third-order valence-electron chi connectivity index (χ3n) is 4.51. The zero-order valence-electron chi connectivity index (χ0n) is 16.2. The van der Waals surface area contributed by atoms with Crippen molar-refractivity contribution in [2.75, 3.05) is 20.0 Å². The Morgan fingerprint density at radius 2 is 1.06 bits per heavy atom. The lowest BCUT2D eigenvalue weighted by Gasteiger charge is -2.25. The van der Waals surface area contributed by atoms with E-state index in [-0.39, 0.29) is 9.79 Å². The maximum atomic E-state index is 12.2. The van der Waals surface area contributed by atoms with Crippen LogP contribution in [0.1, 0.15) is 0 Å². The molecule has 0 aliphatic carbocycles. The first-order chi connectivity index (χ1) is 14.7. The Morgan fingerprint density at radius 3 is 1.42 bits per heavy atom. The molecule has 0 amide bonds. The first kappa shape index (κ1) is 23.8. The minimum atomic E-state index is -4.10. The molecule has 2 aromatic carbocycles. The van der Waals surface area contributed by atoms with Crippen molar-refractivity contribution in [3.63, 3.8) is 0 Å². The number of ether oxygens (including phenoxy) is 2. The molecule has 1 fully saturated rings. The van der Waals surface area contributed by atoms with Gasteiger partial charge >= 0.3 is 0 Å². The fourth-order valence-corrected chi connectivity index (χ4v) is 4.65. The van der Waals surface area contributed by atoms with E-state index >= 15 is 0 Å². The Bertz CT molecular complexity index is 956. The van der Waals surface area contributed by atoms with E-state index in [2.05, 4.69) is 0 Å². The maximum absolute atomic E-state index is 12.2. The zero-order valence-corrected chi connectivity index (χ0v) is 17.8. The van der Waals surface area contributed by atoms with E-state index < -0.39 is 64.7 Å². The van der Waals surface area contributed by atoms with Gasteiger partial charge in [-0.05, 0) is 24.3 Å². The first-order valence-corrected chi connectivity index (χ1v) is 12.0. The average Bonchev–Trinajstić information content (AvgIpc) is 2.91. The molecule has 170 valence electrons. The number of aliphatic hydroxyl groups is 2. The number of aliphatic hydroxyl groups excluding tert-OH is 2. The highest BCUT2D eigenvalue weighted by Crippen LogP contribution is 2.20. The van der Waals surface area contributed by atoms with E-state index in [1.165, 1.54) is 48.5 Å². The van der Waals surface area contributed by atoms with Gasteiger partial charge in [0, 0.05) is 0 Å². The lowest BCUT2D eigenvalue weighted by Crippen LogP contribution is -2.46. The molecule has 1 saturated heterocycles. The second-order valence-electron chi connectivity index (χ2n) is 6.61. The van der Waals surface area contributed by atoms with Crippen molar-refractivity contribution in [3.8, 4) is 0 Å². The molecule has 10 nitrogen and oxygen atoms in total. The molecular weight excluding hydrogens is 452 g/mol. The van der Waals surface area contributed by atoms with Crippen LogP contribution >= 0.6 is 0 Å². The SMILES string of the molecule is O=S(=O)(OCC1OCOC(COS(=O)(=O)c2ccccc2)C(O)C1O)c1ccccc1. The Kier molecular flexibility index (Phi) is 7.78. The van der Waals surface area contributed by atoms with E-state index in [9.17, 15) is 27.0 Å². The normalized spacial score (nSPS) is 25.1. The van der Waals surface area contributed by atoms with E-state index in [0.29, 0.717) is 0 Å². The molecule has 2 N–H and O–H groups in total. The Hall–Kier alpha value is -1.90. The van der Waals surface area contributed by atoms with Gasteiger partial charge in [-0.15, -0.1) is 0 Å². The summed E-state index contributed by atoms with van der Waals surface area (Å²) in [5, 5.41) is 20.7. The van der Waals surface area contributed by atoms with Gasteiger partial charge in [-0.3, -0.25) is 8.37 Å². The molecule has 0 aromatic heterocycles. The number of hydrogen-bond donors (Lipinski definition) is 2. The standard InChI is InChI=1S/C19H22O10S2/c20-18-16(11-28-30(22,23)14-7-3-1-4-8-14)26-13-27-17(19(18)21)12-29-31(24,25)15-9-5-2-6-10-15/h1-10,16-21H,11-13H2. The Labute approximate surface area is 180 Å². The zero-order chi connectivity index (χ0) is 22.5. The molecule has 3 rings (SSSR count). The molecule has 0 spiro atoms. The third-order valence-corrected chi connectivity index (χ3v) is 7.11. The molecular formula is C19H22O10S2. The van der Waals surface area contributed by atoms with Crippen LogP contribution in [-0.4, -0.2) is 71.5 Å². The summed E-state index contributed by atoms with van der Waals surface area (Å²) in [5.41, 5.74) is 0. The van der Waals surface area contributed by atoms with Crippen LogP contribution in [0.25, 0.3) is 0 Å². The fourth-order valence-electron chi connectivity index (χ4n) is 2.77. The van der Waals surface area contributed by atoms with Gasteiger partial charge in [0.15, 0.2) is 0 Å². The average molecular weight is 475 g/mol. The molecule has 2 aromatic rings. The van der Waals surface area contributed by atoms with Crippen LogP contribution in [0.2, 0.25) is 0 Å². The lowest BCUT2D eigenvalue weighted by molar-refractivity contribution is -0.119. The van der Waals surface area contributed by atoms with Crippen molar-refractivity contribution in [2.45, 2.75) is 34.2 Å². The number of rotatable bonds is 8. The van der Waals surface area contributed by atoms with Gasteiger partial charge in [0.05, 0.1) is 23.0 Å². The van der Waals surface area contributed by atoms with Crippen LogP contribution in [0.15, 0.2) is 70.5 Å². The molecule has 4 atom stereocenters. The quantitative estimate of drug-likeness (QED) is 0.511. The summed E-state index contributed by atoms with van der Waals surface area (Å²) in [7, 11) is -8.21. The van der Waals surface area contributed by atoms with E-state index in [4.69, 9.17) is 17.8 Å². The van der Waals surface area contributed by atoms with Gasteiger partial charge in [-0.2, -0.15) is 16.8 Å². The van der Waals surface area contributed by atoms with Crippen LogP contribution in [0.4, 0.5) is 0 Å². The minimum Gasteiger partial charge on any atom is -0.387 e. The molecule has 1 heterocycles. The molecule has 0 radical (unpaired) electrons. The predicted molar refractivity (Wildman–Crippen MR) is 106 cm³/mol. The fraction of sp³-hybridized carbons (Fsp3) is 0.368. The Morgan fingerprint density at radius 1 is 0.710 bits per heavy atom. The van der Waals surface area contributed by atoms with Gasteiger partial charge in [0.1, 0.15) is 31.2 Å². The second-order valence-corrected chi connectivity index (χ2v) is 9.84. The minimum absolute atomic E-state index is 0.0766. The van der Waals surface area contributed by atoms with Gasteiger partial charge in [-0.1, -0.05) is 36.4 Å². The first-order valence-electron chi connectivity index (χ1n) is 9.19. The van der Waals surface area contributed by atoms with Gasteiger partial charge in [0.2, 0.25) is 0 Å². The maximum Gasteiger partial charge on any atom is 0.297 e. The molecule has 1 aliphatic rings. The second kappa shape index (κ2) is 10.1. The third kappa shape index (κ3) is 6.08. The molecule has 0 saturated carbocycles. The lowest BCUT2D eigenvalue weighted by atomic mass is 10.0. The van der Waals surface area contributed by atoms with Crippen molar-refractivity contribution in [3.05, 3.63) is 60.7 Å². The molecule has 4 unspecified atom stereocenters. The van der Waals surface area contributed by atoms with Crippen LogP contribution in [0.3, 0.4) is 0 Å². The summed E-state index contributed by atoms with van der Waals surface area (Å²) in [6.07, 6.45) is -5.74. The van der Waals surface area contributed by atoms with E-state index in [1.807, 2.05) is 0 Å². The van der Waals surface area contributed by atoms with Crippen molar-refractivity contribution >= 4 is 20.2 Å². The van der Waals surface area contributed by atoms with Crippen LogP contribution in [0.5, 0.6) is 0 Å². The summed E-state index contributed by atoms with van der Waals surface area (Å²) in [5.74, 6) is 0. The molecule has 12 heteroatoms. The summed E-state index contributed by atoms with van der Waals surface area (Å²) in [4.78, 5) is -0.153. The predicted octanol–water partition coefficient (Wildman–Crippen LogP) is 0.261. The van der Waals surface area contributed by atoms with Crippen molar-refractivity contribution < 1.29 is 44.9 Å². The number of hydrogen-bond acceptors (Lipinski definition) is 10. The summed E-state index contributed by atoms with van der Waals surface area (Å²) in [6, 6.07) is 14.8. The van der Waals surface area contributed by atoms with Gasteiger partial charge in [0.25, 0.3) is 20.2 Å². The van der Waals surface area contributed by atoms with Crippen molar-refractivity contribution in [1.82, 2.24) is 0 Å². The largest absolute Gasteiger partial charge is 0.387 e. The van der Waals surface area contributed by atoms with Crippen LogP contribution in [0, 0.1) is 0 Å². The van der Waals surface area contributed by atoms with Gasteiger partial charge in [-0.25, -0.2) is 0 Å². The summed E-state index contributed by atoms with van der Waals surface area (Å²) >= 11 is 0. The van der Waals surface area contributed by atoms with Crippen LogP contribution in [-0.2, 0) is 38.1 Å². The monoisotopic (exact) mass is 474 g/mol.